The zero-order valence-electron chi connectivity index (χ0n) is 12.1. The van der Waals surface area contributed by atoms with Gasteiger partial charge in [-0.05, 0) is 57.2 Å². The molecule has 0 unspecified atom stereocenters. The number of nitrogens with one attached hydrogen (secondary N) is 1. The van der Waals surface area contributed by atoms with Crippen LogP contribution >= 0.6 is 15.9 Å². The Hall–Kier alpha value is -0.230. The van der Waals surface area contributed by atoms with Crippen molar-refractivity contribution < 1.29 is 9.32 Å². The summed E-state index contributed by atoms with van der Waals surface area (Å²) in [6, 6.07) is 8.10. The number of aliphatic hydroxyl groups is 1. The van der Waals surface area contributed by atoms with Gasteiger partial charge in [-0.25, -0.2) is 8.93 Å². The average Bonchev–Trinajstić information content (AvgIpc) is 2.31. The first-order valence-electron chi connectivity index (χ1n) is 6.89. The molecule has 0 heterocycles. The Balaban J connectivity index is 2.19. The normalized spacial score (nSPS) is 25.9. The van der Waals surface area contributed by atoms with Crippen LogP contribution in [0.4, 0.5) is 0 Å². The lowest BCUT2D eigenvalue weighted by atomic mass is 9.75. The quantitative estimate of drug-likeness (QED) is 0.866. The maximum Gasteiger partial charge on any atom is 0.0976 e. The van der Waals surface area contributed by atoms with Crippen LogP contribution in [-0.2, 0) is 11.0 Å². The fraction of sp³-hybridized carbons (Fsp3) is 0.600. The van der Waals surface area contributed by atoms with Gasteiger partial charge in [0, 0.05) is 10.5 Å². The van der Waals surface area contributed by atoms with Crippen molar-refractivity contribution >= 4 is 26.9 Å². The summed E-state index contributed by atoms with van der Waals surface area (Å²) in [5.74, 6) is 0.339. The van der Waals surface area contributed by atoms with E-state index in [1.165, 1.54) is 0 Å². The molecule has 20 heavy (non-hydrogen) atoms. The number of benzene rings is 1. The molecule has 0 aromatic heterocycles. The lowest BCUT2D eigenvalue weighted by Gasteiger charge is -2.39. The van der Waals surface area contributed by atoms with Gasteiger partial charge in [0.25, 0.3) is 0 Å². The highest BCUT2D eigenvalue weighted by molar-refractivity contribution is 9.10. The summed E-state index contributed by atoms with van der Waals surface area (Å²) >= 11 is 3.48. The van der Waals surface area contributed by atoms with Crippen LogP contribution in [0.25, 0.3) is 0 Å². The molecule has 1 aliphatic carbocycles. The van der Waals surface area contributed by atoms with Gasteiger partial charge in [0.2, 0.25) is 0 Å². The third-order valence-electron chi connectivity index (χ3n) is 3.62. The molecule has 0 bridgehead atoms. The molecule has 112 valence electrons. The molecule has 2 atom stereocenters. The van der Waals surface area contributed by atoms with Crippen LogP contribution in [0, 0.1) is 5.92 Å². The van der Waals surface area contributed by atoms with Crippen molar-refractivity contribution in [2.45, 2.75) is 50.5 Å². The van der Waals surface area contributed by atoms with Gasteiger partial charge in [0.1, 0.15) is 0 Å². The van der Waals surface area contributed by atoms with E-state index in [9.17, 15) is 9.32 Å². The zero-order valence-corrected chi connectivity index (χ0v) is 14.5. The summed E-state index contributed by atoms with van der Waals surface area (Å²) in [5, 5.41) is 9.55. The van der Waals surface area contributed by atoms with Gasteiger partial charge in [-0.3, -0.25) is 0 Å². The minimum Gasteiger partial charge on any atom is -0.393 e. The Bertz CT molecular complexity index is 495. The molecule has 0 radical (unpaired) electrons. The maximum atomic E-state index is 12.4. The molecule has 3 nitrogen and oxygen atoms in total. The third kappa shape index (κ3) is 3.91. The van der Waals surface area contributed by atoms with E-state index in [-0.39, 0.29) is 16.9 Å². The third-order valence-corrected chi connectivity index (χ3v) is 5.69. The Morgan fingerprint density at radius 1 is 1.40 bits per heavy atom. The topological polar surface area (TPSA) is 49.3 Å². The highest BCUT2D eigenvalue weighted by atomic mass is 79.9. The van der Waals surface area contributed by atoms with E-state index in [1.54, 1.807) is 0 Å². The van der Waals surface area contributed by atoms with Gasteiger partial charge in [0.05, 0.1) is 21.8 Å². The maximum absolute atomic E-state index is 12.4. The van der Waals surface area contributed by atoms with Crippen LogP contribution < -0.4 is 4.72 Å². The second-order valence-corrected chi connectivity index (χ2v) is 9.33. The van der Waals surface area contributed by atoms with Crippen molar-refractivity contribution in [3.8, 4) is 0 Å². The largest absolute Gasteiger partial charge is 0.393 e. The smallest absolute Gasteiger partial charge is 0.0976 e. The highest BCUT2D eigenvalue weighted by Gasteiger charge is 2.36. The lowest BCUT2D eigenvalue weighted by molar-refractivity contribution is 0.0282. The first-order chi connectivity index (χ1) is 9.27. The second kappa shape index (κ2) is 6.26. The van der Waals surface area contributed by atoms with Crippen molar-refractivity contribution in [2.75, 3.05) is 0 Å². The van der Waals surface area contributed by atoms with Crippen molar-refractivity contribution in [1.29, 1.82) is 0 Å². The van der Waals surface area contributed by atoms with E-state index in [0.29, 0.717) is 5.92 Å². The van der Waals surface area contributed by atoms with E-state index in [1.807, 2.05) is 39.0 Å². The van der Waals surface area contributed by atoms with Crippen molar-refractivity contribution in [1.82, 2.24) is 4.72 Å². The monoisotopic (exact) mass is 359 g/mol. The second-order valence-electron chi connectivity index (χ2n) is 6.42. The number of hydrogen-bond acceptors (Lipinski definition) is 2. The van der Waals surface area contributed by atoms with Crippen LogP contribution in [0.1, 0.15) is 45.2 Å². The van der Waals surface area contributed by atoms with Crippen LogP contribution in [0.5, 0.6) is 0 Å². The highest BCUT2D eigenvalue weighted by Crippen LogP contribution is 2.39. The van der Waals surface area contributed by atoms with Crippen molar-refractivity contribution in [2.24, 2.45) is 5.92 Å². The molecule has 0 spiro atoms. The van der Waals surface area contributed by atoms with E-state index in [2.05, 4.69) is 26.7 Å². The Morgan fingerprint density at radius 3 is 2.55 bits per heavy atom. The van der Waals surface area contributed by atoms with Crippen LogP contribution in [0.3, 0.4) is 0 Å². The molecule has 1 saturated carbocycles. The summed E-state index contributed by atoms with van der Waals surface area (Å²) in [6.07, 6.45) is 1.33. The van der Waals surface area contributed by atoms with Gasteiger partial charge in [-0.2, -0.15) is 0 Å². The van der Waals surface area contributed by atoms with Gasteiger partial charge in [0.15, 0.2) is 0 Å². The predicted octanol–water partition coefficient (Wildman–Crippen LogP) is 3.31. The molecular weight excluding hydrogens is 338 g/mol. The first-order valence-corrected chi connectivity index (χ1v) is 8.83. The van der Waals surface area contributed by atoms with Gasteiger partial charge in [-0.15, -0.1) is 0 Å². The fourth-order valence-electron chi connectivity index (χ4n) is 2.33. The molecular formula is C15H22BrNO2S. The van der Waals surface area contributed by atoms with Gasteiger partial charge < -0.3 is 5.11 Å². The molecule has 1 fully saturated rings. The minimum atomic E-state index is -1.12. The summed E-state index contributed by atoms with van der Waals surface area (Å²) in [6.45, 7) is 5.89. The first kappa shape index (κ1) is 16.1. The summed E-state index contributed by atoms with van der Waals surface area (Å²) in [5.41, 5.74) is 1.12. The molecule has 0 amide bonds. The molecule has 0 aliphatic heterocycles. The van der Waals surface area contributed by atoms with Crippen molar-refractivity contribution in [3.63, 3.8) is 0 Å². The SMILES string of the molecule is CC(C)(C)[S@@](=O)N[C@H](c1cccc(Br)c1)C1CC(O)C1. The molecule has 1 aromatic carbocycles. The van der Waals surface area contributed by atoms with Crippen molar-refractivity contribution in [3.05, 3.63) is 34.3 Å². The Morgan fingerprint density at radius 2 is 2.05 bits per heavy atom. The number of halogens is 1. The summed E-state index contributed by atoms with van der Waals surface area (Å²) in [4.78, 5) is 0. The predicted molar refractivity (Wildman–Crippen MR) is 86.6 cm³/mol. The minimum absolute atomic E-state index is 0.0240. The summed E-state index contributed by atoms with van der Waals surface area (Å²) in [7, 11) is -1.12. The molecule has 5 heteroatoms. The zero-order chi connectivity index (χ0) is 14.9. The van der Waals surface area contributed by atoms with E-state index < -0.39 is 11.0 Å². The van der Waals surface area contributed by atoms with E-state index in [4.69, 9.17) is 0 Å². The standard InChI is InChI=1S/C15H22BrNO2S/c1-15(2,3)20(19)17-14(11-8-13(18)9-11)10-5-4-6-12(16)7-10/h4-7,11,13-14,17-18H,8-9H2,1-3H3/t11?,13?,14-,20-/m1/s1. The number of hydrogen-bond donors (Lipinski definition) is 2. The van der Waals surface area contributed by atoms with Gasteiger partial charge >= 0.3 is 0 Å². The van der Waals surface area contributed by atoms with E-state index >= 15 is 0 Å². The van der Waals surface area contributed by atoms with Crippen LogP contribution in [-0.4, -0.2) is 20.2 Å². The summed E-state index contributed by atoms with van der Waals surface area (Å²) < 4.78 is 16.4. The lowest BCUT2D eigenvalue weighted by Crippen LogP contribution is -2.43. The fourth-order valence-corrected chi connectivity index (χ4v) is 3.66. The molecule has 2 rings (SSSR count). The Labute approximate surface area is 131 Å². The number of rotatable bonds is 4. The number of aliphatic hydroxyl groups excluding tert-OH is 1. The van der Waals surface area contributed by atoms with Gasteiger partial charge in [-0.1, -0.05) is 28.1 Å². The Kier molecular flexibility index (Phi) is 5.05. The molecule has 0 saturated heterocycles. The molecule has 1 aliphatic rings. The van der Waals surface area contributed by atoms with Crippen LogP contribution in [0.2, 0.25) is 0 Å². The van der Waals surface area contributed by atoms with E-state index in [0.717, 1.165) is 22.9 Å². The molecule has 2 N–H and O–H groups in total. The average molecular weight is 360 g/mol. The van der Waals surface area contributed by atoms with Crippen LogP contribution in [0.15, 0.2) is 28.7 Å². The molecule has 1 aromatic rings.